The predicted octanol–water partition coefficient (Wildman–Crippen LogP) is 2.93. The molecule has 0 radical (unpaired) electrons. The van der Waals surface area contributed by atoms with E-state index in [0.717, 1.165) is 11.3 Å². The van der Waals surface area contributed by atoms with Gasteiger partial charge in [0, 0.05) is 6.42 Å². The van der Waals surface area contributed by atoms with Gasteiger partial charge in [0.15, 0.2) is 5.78 Å². The van der Waals surface area contributed by atoms with Gasteiger partial charge in [-0.05, 0) is 47.2 Å². The zero-order valence-electron chi connectivity index (χ0n) is 8.59. The topological polar surface area (TPSA) is 26.3 Å². The van der Waals surface area contributed by atoms with Gasteiger partial charge in [-0.2, -0.15) is 0 Å². The normalized spacial score (nSPS) is 14.4. The van der Waals surface area contributed by atoms with Crippen molar-refractivity contribution in [3.8, 4) is 5.75 Å². The number of ether oxygens (including phenoxy) is 1. The summed E-state index contributed by atoms with van der Waals surface area (Å²) in [5, 5.41) is 0. The summed E-state index contributed by atoms with van der Waals surface area (Å²) < 4.78 is 16.9. The number of hydrogen-bond donors (Lipinski definition) is 0. The van der Waals surface area contributed by atoms with Crippen molar-refractivity contribution in [2.45, 2.75) is 17.0 Å². The minimum atomic E-state index is -1.81. The highest BCUT2D eigenvalue weighted by atomic mass is 127. The van der Waals surface area contributed by atoms with Crippen molar-refractivity contribution < 1.29 is 13.9 Å². The van der Waals surface area contributed by atoms with Crippen LogP contribution >= 0.6 is 22.6 Å². The molecular weight excluding hydrogens is 310 g/mol. The lowest BCUT2D eigenvalue weighted by Gasteiger charge is -2.14. The first-order valence-corrected chi connectivity index (χ1v) is 5.55. The molecule has 4 heteroatoms. The number of carbonyl (C=O) groups excluding carboxylic acids is 1. The molecule has 0 amide bonds. The maximum Gasteiger partial charge on any atom is 0.222 e. The Morgan fingerprint density at radius 2 is 2.00 bits per heavy atom. The predicted molar refractivity (Wildman–Crippen MR) is 65.2 cm³/mol. The Bertz CT molecular complexity index is 346. The molecule has 1 atom stereocenters. The van der Waals surface area contributed by atoms with Crippen molar-refractivity contribution in [2.75, 3.05) is 7.11 Å². The number of Topliss-reactive ketones (excluding diaryl/α,β-unsaturated/α-hetero) is 1. The van der Waals surface area contributed by atoms with Gasteiger partial charge in [0.1, 0.15) is 5.75 Å². The summed E-state index contributed by atoms with van der Waals surface area (Å²) in [5.74, 6) is 0.262. The van der Waals surface area contributed by atoms with Gasteiger partial charge in [-0.25, -0.2) is 4.39 Å². The highest BCUT2D eigenvalue weighted by Gasteiger charge is 2.31. The van der Waals surface area contributed by atoms with Crippen LogP contribution in [-0.4, -0.2) is 16.6 Å². The maximum atomic E-state index is 13.7. The molecule has 1 unspecified atom stereocenters. The SMILES string of the molecule is COc1ccc(CC(F)(I)C(C)=O)cc1. The maximum absolute atomic E-state index is 13.7. The molecule has 1 aromatic rings. The lowest BCUT2D eigenvalue weighted by Crippen LogP contribution is -2.26. The fourth-order valence-electron chi connectivity index (χ4n) is 1.12. The Hall–Kier alpha value is -0.650. The number of hydrogen-bond acceptors (Lipinski definition) is 2. The number of ketones is 1. The van der Waals surface area contributed by atoms with Crippen molar-refractivity contribution in [3.05, 3.63) is 29.8 Å². The molecule has 0 aliphatic heterocycles. The smallest absolute Gasteiger partial charge is 0.222 e. The summed E-state index contributed by atoms with van der Waals surface area (Å²) in [7, 11) is 1.57. The first kappa shape index (κ1) is 12.4. The number of methoxy groups -OCH3 is 1. The quantitative estimate of drug-likeness (QED) is 0.629. The minimum Gasteiger partial charge on any atom is -0.497 e. The summed E-state index contributed by atoms with van der Waals surface area (Å²) in [5.41, 5.74) is 0.780. The van der Waals surface area contributed by atoms with Gasteiger partial charge in [0.2, 0.25) is 3.68 Å². The lowest BCUT2D eigenvalue weighted by molar-refractivity contribution is -0.122. The molecule has 0 spiro atoms. The highest BCUT2D eigenvalue weighted by molar-refractivity contribution is 14.1. The third kappa shape index (κ3) is 3.44. The van der Waals surface area contributed by atoms with Crippen molar-refractivity contribution in [2.24, 2.45) is 0 Å². The number of alkyl halides is 2. The standard InChI is InChI=1S/C11H12FIO2/c1-8(14)11(12,13)7-9-3-5-10(15-2)6-4-9/h3-6H,7H2,1-2H3. The summed E-state index contributed by atoms with van der Waals surface area (Å²) >= 11 is 1.54. The van der Waals surface area contributed by atoms with E-state index in [4.69, 9.17) is 4.74 Å². The average molecular weight is 322 g/mol. The van der Waals surface area contributed by atoms with Gasteiger partial charge >= 0.3 is 0 Å². The summed E-state index contributed by atoms with van der Waals surface area (Å²) in [6, 6.07) is 7.02. The Balaban J connectivity index is 2.77. The van der Waals surface area contributed by atoms with E-state index in [2.05, 4.69) is 0 Å². The molecule has 0 aromatic heterocycles. The Morgan fingerprint density at radius 1 is 1.47 bits per heavy atom. The fraction of sp³-hybridized carbons (Fsp3) is 0.364. The summed E-state index contributed by atoms with van der Waals surface area (Å²) in [6.45, 7) is 1.26. The second-order valence-electron chi connectivity index (χ2n) is 3.29. The molecule has 1 rings (SSSR count). The van der Waals surface area contributed by atoms with Crippen molar-refractivity contribution in [1.82, 2.24) is 0 Å². The van der Waals surface area contributed by atoms with Gasteiger partial charge in [-0.15, -0.1) is 0 Å². The second kappa shape index (κ2) is 4.92. The Kier molecular flexibility index (Phi) is 4.07. The molecular formula is C11H12FIO2. The van der Waals surface area contributed by atoms with E-state index < -0.39 is 9.46 Å². The highest BCUT2D eigenvalue weighted by Crippen LogP contribution is 2.27. The van der Waals surface area contributed by atoms with Crippen LogP contribution in [0.4, 0.5) is 4.39 Å². The van der Waals surface area contributed by atoms with E-state index in [1.807, 2.05) is 0 Å². The monoisotopic (exact) mass is 322 g/mol. The second-order valence-corrected chi connectivity index (χ2v) is 5.00. The summed E-state index contributed by atoms with van der Waals surface area (Å²) in [6.07, 6.45) is 0.0902. The lowest BCUT2D eigenvalue weighted by atomic mass is 10.1. The van der Waals surface area contributed by atoms with Crippen LogP contribution in [-0.2, 0) is 11.2 Å². The van der Waals surface area contributed by atoms with E-state index in [0.29, 0.717) is 0 Å². The van der Waals surface area contributed by atoms with Crippen LogP contribution in [0.15, 0.2) is 24.3 Å². The zero-order chi connectivity index (χ0) is 11.5. The molecule has 0 aliphatic carbocycles. The number of benzene rings is 1. The molecule has 0 bridgehead atoms. The molecule has 82 valence electrons. The van der Waals surface area contributed by atoms with Gasteiger partial charge < -0.3 is 4.74 Å². The molecule has 0 fully saturated rings. The van der Waals surface area contributed by atoms with E-state index in [-0.39, 0.29) is 6.42 Å². The Labute approximate surface area is 102 Å². The third-order valence-electron chi connectivity index (χ3n) is 2.10. The molecule has 0 N–H and O–H groups in total. The number of halogens is 2. The van der Waals surface area contributed by atoms with Crippen LogP contribution in [0.2, 0.25) is 0 Å². The molecule has 0 saturated heterocycles. The molecule has 1 aromatic carbocycles. The third-order valence-corrected chi connectivity index (χ3v) is 3.24. The fourth-order valence-corrected chi connectivity index (χ4v) is 1.56. The average Bonchev–Trinajstić information content (AvgIpc) is 2.18. The van der Waals surface area contributed by atoms with Crippen LogP contribution in [0, 0.1) is 0 Å². The van der Waals surface area contributed by atoms with Crippen molar-refractivity contribution in [3.63, 3.8) is 0 Å². The van der Waals surface area contributed by atoms with Crippen molar-refractivity contribution >= 4 is 28.4 Å². The Morgan fingerprint density at radius 3 is 2.40 bits per heavy atom. The molecule has 15 heavy (non-hydrogen) atoms. The largest absolute Gasteiger partial charge is 0.497 e. The van der Waals surface area contributed by atoms with Gasteiger partial charge in [-0.3, -0.25) is 4.79 Å². The molecule has 0 aliphatic rings. The number of rotatable bonds is 4. The van der Waals surface area contributed by atoms with Crippen LogP contribution in [0.1, 0.15) is 12.5 Å². The summed E-state index contributed by atoms with van der Waals surface area (Å²) in [4.78, 5) is 11.0. The molecule has 0 saturated carbocycles. The van der Waals surface area contributed by atoms with E-state index in [1.54, 1.807) is 31.4 Å². The van der Waals surface area contributed by atoms with E-state index in [1.165, 1.54) is 29.5 Å². The van der Waals surface area contributed by atoms with Gasteiger partial charge in [0.25, 0.3) is 0 Å². The zero-order valence-corrected chi connectivity index (χ0v) is 10.7. The first-order chi connectivity index (χ1) is 6.95. The molecule has 2 nitrogen and oxygen atoms in total. The molecule has 0 heterocycles. The van der Waals surface area contributed by atoms with Crippen LogP contribution in [0.25, 0.3) is 0 Å². The van der Waals surface area contributed by atoms with E-state index >= 15 is 0 Å². The van der Waals surface area contributed by atoms with Crippen LogP contribution in [0.3, 0.4) is 0 Å². The van der Waals surface area contributed by atoms with E-state index in [9.17, 15) is 9.18 Å². The minimum absolute atomic E-state index is 0.0902. The van der Waals surface area contributed by atoms with Crippen LogP contribution < -0.4 is 4.74 Å². The van der Waals surface area contributed by atoms with Gasteiger partial charge in [-0.1, -0.05) is 12.1 Å². The van der Waals surface area contributed by atoms with Crippen LogP contribution in [0.5, 0.6) is 5.75 Å². The van der Waals surface area contributed by atoms with Gasteiger partial charge in [0.05, 0.1) is 7.11 Å². The first-order valence-electron chi connectivity index (χ1n) is 4.47. The van der Waals surface area contributed by atoms with Crippen molar-refractivity contribution in [1.29, 1.82) is 0 Å². The number of carbonyl (C=O) groups is 1.